The van der Waals surface area contributed by atoms with Crippen molar-refractivity contribution < 1.29 is 4.79 Å². The van der Waals surface area contributed by atoms with Gasteiger partial charge in [-0.25, -0.2) is 0 Å². The van der Waals surface area contributed by atoms with Crippen LogP contribution in [0.5, 0.6) is 0 Å². The Bertz CT molecular complexity index is 285. The Morgan fingerprint density at radius 1 is 1.57 bits per heavy atom. The highest BCUT2D eigenvalue weighted by Gasteiger charge is 2.01. The van der Waals surface area contributed by atoms with Gasteiger partial charge in [-0.15, -0.1) is 0 Å². The summed E-state index contributed by atoms with van der Waals surface area (Å²) in [6, 6.07) is 3.87. The molecule has 1 amide bonds. The van der Waals surface area contributed by atoms with E-state index in [-0.39, 0.29) is 18.5 Å². The number of aromatic nitrogens is 1. The first-order valence-corrected chi connectivity index (χ1v) is 4.62. The lowest BCUT2D eigenvalue weighted by Gasteiger charge is -2.09. The second-order valence-electron chi connectivity index (χ2n) is 3.32. The second kappa shape index (κ2) is 5.21. The van der Waals surface area contributed by atoms with E-state index in [2.05, 4.69) is 15.6 Å². The van der Waals surface area contributed by atoms with E-state index in [1.54, 1.807) is 12.4 Å². The fourth-order valence-corrected chi connectivity index (χ4v) is 1.02. The molecule has 1 aromatic heterocycles. The minimum absolute atomic E-state index is 0.0103. The van der Waals surface area contributed by atoms with Crippen molar-refractivity contribution in [1.29, 1.82) is 0 Å². The van der Waals surface area contributed by atoms with E-state index < -0.39 is 0 Å². The van der Waals surface area contributed by atoms with Gasteiger partial charge in [0.05, 0.1) is 12.2 Å². The van der Waals surface area contributed by atoms with Gasteiger partial charge in [-0.2, -0.15) is 0 Å². The smallest absolute Gasteiger partial charge is 0.239 e. The molecule has 4 heteroatoms. The Kier molecular flexibility index (Phi) is 3.91. The molecule has 1 heterocycles. The lowest BCUT2D eigenvalue weighted by atomic mass is 10.3. The van der Waals surface area contributed by atoms with Gasteiger partial charge < -0.3 is 10.6 Å². The van der Waals surface area contributed by atoms with Gasteiger partial charge in [-0.1, -0.05) is 0 Å². The van der Waals surface area contributed by atoms with Crippen molar-refractivity contribution in [2.75, 3.05) is 11.9 Å². The summed E-state index contributed by atoms with van der Waals surface area (Å²) in [7, 11) is 0. The van der Waals surface area contributed by atoms with E-state index in [9.17, 15) is 4.79 Å². The van der Waals surface area contributed by atoms with Gasteiger partial charge in [0.15, 0.2) is 0 Å². The molecule has 0 aliphatic heterocycles. The Morgan fingerprint density at radius 3 is 2.93 bits per heavy atom. The van der Waals surface area contributed by atoms with Crippen LogP contribution in [0.2, 0.25) is 0 Å². The average molecular weight is 193 g/mol. The molecule has 0 atom stereocenters. The Hall–Kier alpha value is -1.58. The minimum Gasteiger partial charge on any atom is -0.375 e. The van der Waals surface area contributed by atoms with Gasteiger partial charge in [-0.05, 0) is 26.0 Å². The highest BCUT2D eigenvalue weighted by atomic mass is 16.1. The molecule has 0 aliphatic carbocycles. The molecule has 0 spiro atoms. The molecular weight excluding hydrogens is 178 g/mol. The standard InChI is InChI=1S/C10H15N3O/c1-8(2)13-10(14)7-12-9-4-3-5-11-6-9/h3-6,8,12H,7H2,1-2H3,(H,13,14). The molecule has 0 aromatic carbocycles. The normalized spacial score (nSPS) is 9.93. The second-order valence-corrected chi connectivity index (χ2v) is 3.32. The third-order valence-electron chi connectivity index (χ3n) is 1.56. The number of amides is 1. The highest BCUT2D eigenvalue weighted by Crippen LogP contribution is 2.00. The molecule has 0 aliphatic rings. The summed E-state index contributed by atoms with van der Waals surface area (Å²) in [5.41, 5.74) is 0.853. The van der Waals surface area contributed by atoms with Crippen molar-refractivity contribution in [3.8, 4) is 0 Å². The number of carbonyl (C=O) groups is 1. The van der Waals surface area contributed by atoms with Crippen LogP contribution in [0, 0.1) is 0 Å². The number of anilines is 1. The molecule has 1 rings (SSSR count). The lowest BCUT2D eigenvalue weighted by Crippen LogP contribution is -2.34. The first-order chi connectivity index (χ1) is 6.68. The van der Waals surface area contributed by atoms with E-state index in [1.165, 1.54) is 0 Å². The van der Waals surface area contributed by atoms with E-state index in [0.29, 0.717) is 0 Å². The SMILES string of the molecule is CC(C)NC(=O)CNc1cccnc1. The fourth-order valence-electron chi connectivity index (χ4n) is 1.02. The summed E-state index contributed by atoms with van der Waals surface area (Å²) in [4.78, 5) is 15.2. The molecule has 76 valence electrons. The van der Waals surface area contributed by atoms with Crippen molar-refractivity contribution in [3.05, 3.63) is 24.5 Å². The summed E-state index contributed by atoms with van der Waals surface area (Å²) in [6.45, 7) is 4.15. The predicted octanol–water partition coefficient (Wildman–Crippen LogP) is 1.02. The van der Waals surface area contributed by atoms with Crippen molar-refractivity contribution in [3.63, 3.8) is 0 Å². The first kappa shape index (κ1) is 10.5. The average Bonchev–Trinajstić information content (AvgIpc) is 2.15. The molecule has 0 bridgehead atoms. The van der Waals surface area contributed by atoms with E-state index in [1.807, 2.05) is 26.0 Å². The maximum atomic E-state index is 11.2. The molecule has 2 N–H and O–H groups in total. The van der Waals surface area contributed by atoms with Crippen LogP contribution in [0.15, 0.2) is 24.5 Å². The number of nitrogens with one attached hydrogen (secondary N) is 2. The van der Waals surface area contributed by atoms with Gasteiger partial charge in [0.25, 0.3) is 0 Å². The molecule has 4 nitrogen and oxygen atoms in total. The molecule has 0 saturated carbocycles. The van der Waals surface area contributed by atoms with Crippen LogP contribution in [0.4, 0.5) is 5.69 Å². The minimum atomic E-state index is -0.0103. The molecule has 0 fully saturated rings. The molecule has 0 saturated heterocycles. The van der Waals surface area contributed by atoms with Gasteiger partial charge in [0.2, 0.25) is 5.91 Å². The maximum absolute atomic E-state index is 11.2. The zero-order valence-corrected chi connectivity index (χ0v) is 8.45. The molecule has 1 aromatic rings. The number of nitrogens with zero attached hydrogens (tertiary/aromatic N) is 1. The zero-order valence-electron chi connectivity index (χ0n) is 8.45. The van der Waals surface area contributed by atoms with Gasteiger partial charge in [0, 0.05) is 18.4 Å². The monoisotopic (exact) mass is 193 g/mol. The summed E-state index contributed by atoms with van der Waals surface area (Å²) in [5.74, 6) is -0.0103. The maximum Gasteiger partial charge on any atom is 0.239 e. The van der Waals surface area contributed by atoms with E-state index in [4.69, 9.17) is 0 Å². The molecule has 14 heavy (non-hydrogen) atoms. The van der Waals surface area contributed by atoms with Crippen LogP contribution in [0.1, 0.15) is 13.8 Å². The quantitative estimate of drug-likeness (QED) is 0.750. The van der Waals surface area contributed by atoms with Crippen LogP contribution in [-0.2, 0) is 4.79 Å². The third kappa shape index (κ3) is 3.89. The summed E-state index contributed by atoms with van der Waals surface area (Å²) < 4.78 is 0. The number of pyridine rings is 1. The van der Waals surface area contributed by atoms with Gasteiger partial charge in [0.1, 0.15) is 0 Å². The van der Waals surface area contributed by atoms with Crippen LogP contribution in [0.3, 0.4) is 0 Å². The van der Waals surface area contributed by atoms with Crippen LogP contribution in [0.25, 0.3) is 0 Å². The fraction of sp³-hybridized carbons (Fsp3) is 0.400. The number of rotatable bonds is 4. The topological polar surface area (TPSA) is 54.0 Å². The zero-order chi connectivity index (χ0) is 10.4. The van der Waals surface area contributed by atoms with Crippen LogP contribution < -0.4 is 10.6 Å². The third-order valence-corrected chi connectivity index (χ3v) is 1.56. The number of hydrogen-bond donors (Lipinski definition) is 2. The van der Waals surface area contributed by atoms with Crippen molar-refractivity contribution in [1.82, 2.24) is 10.3 Å². The Labute approximate surface area is 83.7 Å². The van der Waals surface area contributed by atoms with Crippen molar-refractivity contribution in [2.24, 2.45) is 0 Å². The number of hydrogen-bond acceptors (Lipinski definition) is 3. The van der Waals surface area contributed by atoms with Crippen LogP contribution in [-0.4, -0.2) is 23.5 Å². The van der Waals surface area contributed by atoms with Crippen molar-refractivity contribution >= 4 is 11.6 Å². The predicted molar refractivity (Wildman–Crippen MR) is 56.0 cm³/mol. The lowest BCUT2D eigenvalue weighted by molar-refractivity contribution is -0.119. The van der Waals surface area contributed by atoms with Crippen molar-refractivity contribution in [2.45, 2.75) is 19.9 Å². The Morgan fingerprint density at radius 2 is 2.36 bits per heavy atom. The van der Waals surface area contributed by atoms with E-state index in [0.717, 1.165) is 5.69 Å². The summed E-state index contributed by atoms with van der Waals surface area (Å²) in [5, 5.41) is 5.77. The molecule has 0 unspecified atom stereocenters. The molecular formula is C10H15N3O. The van der Waals surface area contributed by atoms with Crippen LogP contribution >= 0.6 is 0 Å². The van der Waals surface area contributed by atoms with E-state index >= 15 is 0 Å². The van der Waals surface area contributed by atoms with Gasteiger partial charge >= 0.3 is 0 Å². The largest absolute Gasteiger partial charge is 0.375 e. The summed E-state index contributed by atoms with van der Waals surface area (Å²) in [6.07, 6.45) is 3.38. The highest BCUT2D eigenvalue weighted by molar-refractivity contribution is 5.80. The number of carbonyl (C=O) groups excluding carboxylic acids is 1. The Balaban J connectivity index is 2.31. The van der Waals surface area contributed by atoms with Gasteiger partial charge in [-0.3, -0.25) is 9.78 Å². The first-order valence-electron chi connectivity index (χ1n) is 4.62. The summed E-state index contributed by atoms with van der Waals surface area (Å²) >= 11 is 0. The molecule has 0 radical (unpaired) electrons.